The molecular weight excluding hydrogens is 420 g/mol. The van der Waals surface area contributed by atoms with E-state index >= 15 is 0 Å². The number of phenolic OH excluding ortho intramolecular Hbond substituents is 1. The maximum Gasteiger partial charge on any atom is 0.251 e. The number of aryl methyl sites for hydroxylation is 1. The molecule has 3 aromatic carbocycles. The Morgan fingerprint density at radius 1 is 1.06 bits per heavy atom. The van der Waals surface area contributed by atoms with Crippen LogP contribution in [0.25, 0.3) is 10.9 Å². The normalized spacial score (nSPS) is 10.7. The van der Waals surface area contributed by atoms with Gasteiger partial charge in [-0.05, 0) is 60.5 Å². The van der Waals surface area contributed by atoms with Crippen LogP contribution in [0.3, 0.4) is 0 Å². The number of ketones is 1. The van der Waals surface area contributed by atoms with E-state index in [-0.39, 0.29) is 17.1 Å². The quantitative estimate of drug-likeness (QED) is 0.352. The zero-order valence-electron chi connectivity index (χ0n) is 17.9. The molecule has 0 saturated heterocycles. The Labute approximate surface area is 190 Å². The van der Waals surface area contributed by atoms with Gasteiger partial charge in [0.25, 0.3) is 5.91 Å². The van der Waals surface area contributed by atoms with E-state index in [0.717, 1.165) is 11.3 Å². The number of nitrogens with two attached hydrogens (primary N) is 1. The molecule has 4 rings (SSSR count). The number of carbonyl (C=O) groups excluding carboxylic acids is 2. The van der Waals surface area contributed by atoms with Gasteiger partial charge >= 0.3 is 0 Å². The summed E-state index contributed by atoms with van der Waals surface area (Å²) in [7, 11) is 1.58. The zero-order valence-corrected chi connectivity index (χ0v) is 17.9. The number of primary amides is 1. The fourth-order valence-electron chi connectivity index (χ4n) is 3.56. The summed E-state index contributed by atoms with van der Waals surface area (Å²) in [4.78, 5) is 32.7. The molecule has 0 fully saturated rings. The number of benzene rings is 3. The predicted octanol–water partition coefficient (Wildman–Crippen LogP) is 4.00. The second-order valence-corrected chi connectivity index (χ2v) is 7.45. The average Bonchev–Trinajstić information content (AvgIpc) is 2.82. The molecule has 166 valence electrons. The summed E-state index contributed by atoms with van der Waals surface area (Å²) in [5.41, 5.74) is 8.24. The van der Waals surface area contributed by atoms with Crippen molar-refractivity contribution in [3.8, 4) is 11.5 Å². The largest absolute Gasteiger partial charge is 0.508 e. The molecule has 0 saturated carbocycles. The fourth-order valence-corrected chi connectivity index (χ4v) is 3.56. The van der Waals surface area contributed by atoms with E-state index in [4.69, 9.17) is 10.5 Å². The summed E-state index contributed by atoms with van der Waals surface area (Å²) >= 11 is 0. The number of amides is 1. The summed E-state index contributed by atoms with van der Waals surface area (Å²) < 4.78 is 5.13. The molecule has 4 N–H and O–H groups in total. The number of hydrogen-bond donors (Lipinski definition) is 3. The van der Waals surface area contributed by atoms with Crippen molar-refractivity contribution in [2.24, 2.45) is 5.73 Å². The van der Waals surface area contributed by atoms with Crippen molar-refractivity contribution < 1.29 is 19.4 Å². The van der Waals surface area contributed by atoms with Gasteiger partial charge in [0.1, 0.15) is 23.6 Å². The molecule has 0 bridgehead atoms. The highest BCUT2D eigenvalue weighted by molar-refractivity contribution is 6.08. The third-order valence-corrected chi connectivity index (χ3v) is 5.23. The minimum atomic E-state index is -0.691. The van der Waals surface area contributed by atoms with Crippen molar-refractivity contribution in [3.63, 3.8) is 0 Å². The first-order valence-electron chi connectivity index (χ1n) is 10.3. The number of phenols is 1. The van der Waals surface area contributed by atoms with E-state index in [1.54, 1.807) is 31.4 Å². The van der Waals surface area contributed by atoms with Crippen molar-refractivity contribution in [1.82, 2.24) is 9.97 Å². The van der Waals surface area contributed by atoms with Gasteiger partial charge in [0.2, 0.25) is 0 Å². The lowest BCUT2D eigenvalue weighted by atomic mass is 10.0. The molecule has 0 spiro atoms. The summed E-state index contributed by atoms with van der Waals surface area (Å²) in [6, 6.07) is 17.4. The molecule has 8 heteroatoms. The number of Topliss-reactive ketones (excluding diaryl/α,β-unsaturated/α-hetero) is 1. The molecule has 0 atom stereocenters. The molecule has 1 aromatic heterocycles. The van der Waals surface area contributed by atoms with Crippen LogP contribution < -0.4 is 15.8 Å². The highest BCUT2D eigenvalue weighted by Gasteiger charge is 2.14. The first-order valence-corrected chi connectivity index (χ1v) is 10.3. The summed E-state index contributed by atoms with van der Waals surface area (Å²) in [6.45, 7) is 0. The molecule has 0 aliphatic rings. The Kier molecular flexibility index (Phi) is 6.17. The van der Waals surface area contributed by atoms with Gasteiger partial charge in [0.15, 0.2) is 5.78 Å². The van der Waals surface area contributed by atoms with Crippen LogP contribution in [0.2, 0.25) is 0 Å². The maximum absolute atomic E-state index is 12.5. The van der Waals surface area contributed by atoms with Crippen LogP contribution in [0.1, 0.15) is 32.7 Å². The van der Waals surface area contributed by atoms with Crippen LogP contribution in [0.15, 0.2) is 67.0 Å². The number of hydrogen-bond acceptors (Lipinski definition) is 7. The van der Waals surface area contributed by atoms with Crippen molar-refractivity contribution in [3.05, 3.63) is 83.7 Å². The Morgan fingerprint density at radius 3 is 2.58 bits per heavy atom. The Bertz CT molecular complexity index is 1340. The second kappa shape index (κ2) is 9.35. The van der Waals surface area contributed by atoms with Crippen molar-refractivity contribution >= 4 is 34.1 Å². The van der Waals surface area contributed by atoms with Crippen molar-refractivity contribution in [2.45, 2.75) is 12.8 Å². The monoisotopic (exact) mass is 442 g/mol. The number of rotatable bonds is 8. The van der Waals surface area contributed by atoms with Gasteiger partial charge < -0.3 is 20.9 Å². The smallest absolute Gasteiger partial charge is 0.251 e. The molecule has 0 unspecified atom stereocenters. The summed E-state index contributed by atoms with van der Waals surface area (Å²) in [5, 5.41) is 13.7. The molecule has 1 amide bonds. The highest BCUT2D eigenvalue weighted by atomic mass is 16.5. The van der Waals surface area contributed by atoms with Gasteiger partial charge in [0.05, 0.1) is 18.2 Å². The molecule has 8 nitrogen and oxygen atoms in total. The number of aromatic nitrogens is 2. The van der Waals surface area contributed by atoms with E-state index in [1.165, 1.54) is 18.5 Å². The molecule has 4 aromatic rings. The van der Waals surface area contributed by atoms with Crippen LogP contribution in [0.5, 0.6) is 11.5 Å². The maximum atomic E-state index is 12.5. The Hall–Kier alpha value is -4.46. The van der Waals surface area contributed by atoms with Crippen molar-refractivity contribution in [1.29, 1.82) is 0 Å². The number of fused-ring (bicyclic) bond motifs is 1. The molecular formula is C25H22N4O4. The summed E-state index contributed by atoms with van der Waals surface area (Å²) in [6.07, 6.45) is 2.26. The highest BCUT2D eigenvalue weighted by Crippen LogP contribution is 2.29. The van der Waals surface area contributed by atoms with Crippen LogP contribution in [0.4, 0.5) is 11.5 Å². The lowest BCUT2D eigenvalue weighted by Crippen LogP contribution is -2.12. The van der Waals surface area contributed by atoms with E-state index in [0.29, 0.717) is 40.9 Å². The van der Waals surface area contributed by atoms with E-state index in [2.05, 4.69) is 15.3 Å². The van der Waals surface area contributed by atoms with Crippen LogP contribution in [-0.2, 0) is 6.42 Å². The number of anilines is 2. The van der Waals surface area contributed by atoms with Gasteiger partial charge in [0, 0.05) is 23.1 Å². The molecule has 0 radical (unpaired) electrons. The number of aromatic hydroxyl groups is 1. The van der Waals surface area contributed by atoms with E-state index < -0.39 is 5.91 Å². The van der Waals surface area contributed by atoms with Gasteiger partial charge in [-0.2, -0.15) is 0 Å². The zero-order chi connectivity index (χ0) is 23.4. The van der Waals surface area contributed by atoms with Gasteiger partial charge in [-0.1, -0.05) is 12.1 Å². The average molecular weight is 442 g/mol. The van der Waals surface area contributed by atoms with Crippen molar-refractivity contribution in [2.75, 3.05) is 12.4 Å². The third kappa shape index (κ3) is 4.90. The summed E-state index contributed by atoms with van der Waals surface area (Å²) in [5.74, 6) is 0.375. The fraction of sp³-hybridized carbons (Fsp3) is 0.120. The molecule has 1 heterocycles. The lowest BCUT2D eigenvalue weighted by Gasteiger charge is -2.11. The van der Waals surface area contributed by atoms with Gasteiger partial charge in [-0.3, -0.25) is 9.59 Å². The number of nitrogens with zero attached hydrogens (tertiary/aromatic N) is 2. The predicted molar refractivity (Wildman–Crippen MR) is 125 cm³/mol. The van der Waals surface area contributed by atoms with E-state index in [9.17, 15) is 14.7 Å². The van der Waals surface area contributed by atoms with Gasteiger partial charge in [-0.15, -0.1) is 0 Å². The van der Waals surface area contributed by atoms with Crippen LogP contribution >= 0.6 is 0 Å². The minimum Gasteiger partial charge on any atom is -0.508 e. The van der Waals surface area contributed by atoms with Crippen LogP contribution in [0, 0.1) is 0 Å². The first-order chi connectivity index (χ1) is 15.9. The topological polar surface area (TPSA) is 127 Å². The number of carbonyl (C=O) groups is 2. The van der Waals surface area contributed by atoms with Crippen LogP contribution in [-0.4, -0.2) is 33.9 Å². The first kappa shape index (κ1) is 21.8. The Morgan fingerprint density at radius 2 is 1.85 bits per heavy atom. The number of ether oxygens (including phenoxy) is 1. The Balaban J connectivity index is 1.52. The third-order valence-electron chi connectivity index (χ3n) is 5.23. The number of nitrogens with one attached hydrogen (secondary N) is 1. The molecule has 33 heavy (non-hydrogen) atoms. The number of methoxy groups -OCH3 is 1. The second-order valence-electron chi connectivity index (χ2n) is 7.45. The molecule has 0 aliphatic heterocycles. The lowest BCUT2D eigenvalue weighted by molar-refractivity contribution is 0.0979. The van der Waals surface area contributed by atoms with E-state index in [1.807, 2.05) is 24.3 Å². The standard InChI is InChI=1S/C25H22N4O4/c1-33-19-8-6-16(7-9-19)22(31)10-5-15-3-2-4-17(11-15)29-25-21-13-18(30)12-20(24(26)32)23(21)27-14-28-25/h2-4,6-9,11-14,30H,5,10H2,1H3,(H2,26,32)(H,27,28,29). The molecule has 0 aliphatic carbocycles. The SMILES string of the molecule is COc1ccc(C(=O)CCc2cccc(Nc3ncnc4c(C(N)=O)cc(O)cc34)c2)cc1. The minimum absolute atomic E-state index is 0.0484. The van der Waals surface area contributed by atoms with Gasteiger partial charge in [-0.25, -0.2) is 9.97 Å².